The van der Waals surface area contributed by atoms with E-state index < -0.39 is 30.1 Å². The maximum Gasteiger partial charge on any atom is 0.329 e. The number of anilines is 1. The van der Waals surface area contributed by atoms with E-state index in [2.05, 4.69) is 25.8 Å². The summed E-state index contributed by atoms with van der Waals surface area (Å²) in [5.74, 6) is -1.06. The zero-order valence-corrected chi connectivity index (χ0v) is 29.9. The molecule has 3 aliphatic rings. The van der Waals surface area contributed by atoms with E-state index in [-0.39, 0.29) is 35.7 Å². The lowest BCUT2D eigenvalue weighted by atomic mass is 10.0. The Hall–Kier alpha value is -5.87. The highest BCUT2D eigenvalue weighted by atomic mass is 19.1. The number of hydrogen-bond acceptors (Lipinski definition) is 9. The van der Waals surface area contributed by atoms with Gasteiger partial charge in [0.05, 0.1) is 47.4 Å². The molecule has 5 aromatic rings. The Bertz CT molecular complexity index is 2350. The summed E-state index contributed by atoms with van der Waals surface area (Å²) in [4.78, 5) is 68.6. The first kappa shape index (κ1) is 35.2. The Kier molecular flexibility index (Phi) is 9.23. The molecular weight excluding hydrogens is 697 g/mol. The van der Waals surface area contributed by atoms with Crippen molar-refractivity contribution in [2.24, 2.45) is 7.05 Å². The van der Waals surface area contributed by atoms with Crippen LogP contribution in [0.25, 0.3) is 27.8 Å². The highest BCUT2D eigenvalue weighted by Gasteiger charge is 2.39. The number of fused-ring (bicyclic) bond motifs is 2. The van der Waals surface area contributed by atoms with Crippen LogP contribution in [-0.4, -0.2) is 87.3 Å². The fraction of sp³-hybridized carbons (Fsp3) is 0.459. The monoisotopic (exact) mass is 739 g/mol. The number of aryl methyl sites for hydroxylation is 2. The van der Waals surface area contributed by atoms with Crippen molar-refractivity contribution >= 4 is 46.0 Å². The molecule has 282 valence electrons. The molecule has 1 saturated carbocycles. The number of imidazole rings is 2. The van der Waals surface area contributed by atoms with Crippen molar-refractivity contribution in [1.82, 2.24) is 49.0 Å². The first-order valence-corrected chi connectivity index (χ1v) is 18.5. The number of nitrogen functional groups attached to an aromatic ring is 1. The standard InChI is InChI=1S/C37H42FN11O5/c1-45-29-13-21(9-10-27(29)48(37(45)54)28-11-12-31(50)44-35(28)52)7-5-3-2-4-6-8-32(51)46-19-23(20-46)47-18-22(15-41-47)24-16-42-49-30(17-40-34(49)33(24)39)36(53)43-26-14-25(26)38/h9-10,13,15-18,23,25-26,28H,2-8,11-12,14,19-20,39H2,1H3,(H,43,53)(H,44,50,52)/t25-,26+,28?/m0/s1. The number of halogens is 1. The van der Waals surface area contributed by atoms with Gasteiger partial charge in [0.1, 0.15) is 12.2 Å². The van der Waals surface area contributed by atoms with Gasteiger partial charge in [0, 0.05) is 56.7 Å². The summed E-state index contributed by atoms with van der Waals surface area (Å²) in [5, 5.41) is 13.9. The third kappa shape index (κ3) is 6.62. The van der Waals surface area contributed by atoms with Gasteiger partial charge in [-0.3, -0.25) is 38.3 Å². The van der Waals surface area contributed by atoms with Crippen LogP contribution in [0.4, 0.5) is 10.1 Å². The first-order valence-electron chi connectivity index (χ1n) is 18.5. The molecule has 3 atom stereocenters. The first-order chi connectivity index (χ1) is 26.1. The van der Waals surface area contributed by atoms with Crippen LogP contribution in [0.15, 0.2) is 47.8 Å². The molecule has 3 fully saturated rings. The predicted octanol–water partition coefficient (Wildman–Crippen LogP) is 2.61. The molecule has 1 unspecified atom stereocenters. The van der Waals surface area contributed by atoms with Gasteiger partial charge in [-0.15, -0.1) is 0 Å². The number of imide groups is 1. The molecule has 54 heavy (non-hydrogen) atoms. The number of amides is 4. The molecule has 0 radical (unpaired) electrons. The Morgan fingerprint density at radius 3 is 2.57 bits per heavy atom. The number of nitrogens with zero attached hydrogens (tertiary/aromatic N) is 8. The Balaban J connectivity index is 0.761. The summed E-state index contributed by atoms with van der Waals surface area (Å²) in [5.41, 5.74) is 10.9. The average molecular weight is 740 g/mol. The molecule has 6 heterocycles. The van der Waals surface area contributed by atoms with E-state index in [1.54, 1.807) is 24.0 Å². The molecule has 1 aromatic carbocycles. The molecule has 8 rings (SSSR count). The largest absolute Gasteiger partial charge is 0.395 e. The minimum absolute atomic E-state index is 0.0572. The van der Waals surface area contributed by atoms with Crippen LogP contribution in [0.2, 0.25) is 0 Å². The van der Waals surface area contributed by atoms with E-state index >= 15 is 0 Å². The van der Waals surface area contributed by atoms with Gasteiger partial charge in [-0.25, -0.2) is 18.7 Å². The maximum atomic E-state index is 13.3. The van der Waals surface area contributed by atoms with Crippen molar-refractivity contribution < 1.29 is 23.6 Å². The lowest BCUT2D eigenvalue weighted by Gasteiger charge is -2.39. The van der Waals surface area contributed by atoms with Crippen LogP contribution in [0.5, 0.6) is 0 Å². The average Bonchev–Trinajstić information content (AvgIpc) is 3.44. The van der Waals surface area contributed by atoms with Crippen LogP contribution >= 0.6 is 0 Å². The minimum atomic E-state index is -1.02. The number of carbonyl (C=O) groups is 4. The lowest BCUT2D eigenvalue weighted by Crippen LogP contribution is -2.50. The molecule has 0 bridgehead atoms. The highest BCUT2D eigenvalue weighted by molar-refractivity contribution is 6.00. The third-order valence-corrected chi connectivity index (χ3v) is 10.9. The number of nitrogens with two attached hydrogens (primary N) is 1. The minimum Gasteiger partial charge on any atom is -0.395 e. The summed E-state index contributed by atoms with van der Waals surface area (Å²) < 4.78 is 19.5. The fourth-order valence-electron chi connectivity index (χ4n) is 7.48. The fourth-order valence-corrected chi connectivity index (χ4v) is 7.48. The molecule has 4 amide bonds. The van der Waals surface area contributed by atoms with E-state index in [9.17, 15) is 28.4 Å². The molecule has 17 heteroatoms. The number of hydrogen-bond donors (Lipinski definition) is 3. The second kappa shape index (κ2) is 14.2. The van der Waals surface area contributed by atoms with Gasteiger partial charge < -0.3 is 16.0 Å². The molecule has 0 spiro atoms. The number of benzene rings is 1. The smallest absolute Gasteiger partial charge is 0.329 e. The molecule has 2 saturated heterocycles. The number of likely N-dealkylation sites (tertiary alicyclic amines) is 1. The highest BCUT2D eigenvalue weighted by Crippen LogP contribution is 2.31. The van der Waals surface area contributed by atoms with Crippen molar-refractivity contribution in [1.29, 1.82) is 0 Å². The van der Waals surface area contributed by atoms with Gasteiger partial charge in [0.2, 0.25) is 17.7 Å². The van der Waals surface area contributed by atoms with Gasteiger partial charge in [0.25, 0.3) is 5.91 Å². The van der Waals surface area contributed by atoms with E-state index in [4.69, 9.17) is 5.73 Å². The number of nitrogens with one attached hydrogen (secondary N) is 2. The Morgan fingerprint density at radius 1 is 1.02 bits per heavy atom. The topological polar surface area (TPSA) is 197 Å². The van der Waals surface area contributed by atoms with E-state index in [1.807, 2.05) is 34.0 Å². The van der Waals surface area contributed by atoms with Gasteiger partial charge >= 0.3 is 5.69 Å². The zero-order chi connectivity index (χ0) is 37.7. The predicted molar refractivity (Wildman–Crippen MR) is 195 cm³/mol. The molecule has 16 nitrogen and oxygen atoms in total. The third-order valence-electron chi connectivity index (χ3n) is 10.9. The Morgan fingerprint density at radius 2 is 1.80 bits per heavy atom. The van der Waals surface area contributed by atoms with Crippen molar-refractivity contribution in [2.45, 2.75) is 88.5 Å². The van der Waals surface area contributed by atoms with Crippen LogP contribution in [0.3, 0.4) is 0 Å². The number of rotatable bonds is 13. The van der Waals surface area contributed by atoms with Crippen molar-refractivity contribution in [3.63, 3.8) is 0 Å². The normalized spacial score (nSPS) is 20.0. The van der Waals surface area contributed by atoms with Crippen LogP contribution in [0.1, 0.15) is 85.9 Å². The second-order valence-corrected chi connectivity index (χ2v) is 14.6. The van der Waals surface area contributed by atoms with Gasteiger partial charge in [-0.05, 0) is 43.4 Å². The molecule has 4 N–H and O–H groups in total. The summed E-state index contributed by atoms with van der Waals surface area (Å²) in [6.07, 6.45) is 12.5. The number of piperidine rings is 1. The molecule has 4 aromatic heterocycles. The van der Waals surface area contributed by atoms with Gasteiger partial charge in [-0.1, -0.05) is 25.3 Å². The lowest BCUT2D eigenvalue weighted by molar-refractivity contribution is -0.137. The number of aromatic nitrogens is 7. The summed E-state index contributed by atoms with van der Waals surface area (Å²) in [6.45, 7) is 1.16. The van der Waals surface area contributed by atoms with Crippen molar-refractivity contribution in [2.75, 3.05) is 18.8 Å². The number of unbranched alkanes of at least 4 members (excludes halogenated alkanes) is 4. The Labute approximate surface area is 308 Å². The van der Waals surface area contributed by atoms with E-state index in [0.717, 1.165) is 55.2 Å². The van der Waals surface area contributed by atoms with Gasteiger partial charge in [0.15, 0.2) is 11.3 Å². The van der Waals surface area contributed by atoms with Crippen LogP contribution in [-0.2, 0) is 27.9 Å². The van der Waals surface area contributed by atoms with E-state index in [0.29, 0.717) is 54.8 Å². The number of alkyl halides is 1. The summed E-state index contributed by atoms with van der Waals surface area (Å²) >= 11 is 0. The van der Waals surface area contributed by atoms with Crippen LogP contribution < -0.4 is 22.1 Å². The molecular formula is C37H42FN11O5. The zero-order valence-electron chi connectivity index (χ0n) is 29.9. The molecule has 1 aliphatic carbocycles. The van der Waals surface area contributed by atoms with Crippen LogP contribution in [0, 0.1) is 0 Å². The summed E-state index contributed by atoms with van der Waals surface area (Å²) in [7, 11) is 1.70. The van der Waals surface area contributed by atoms with Crippen molar-refractivity contribution in [3.05, 3.63) is 64.7 Å². The van der Waals surface area contributed by atoms with E-state index in [1.165, 1.54) is 15.3 Å². The van der Waals surface area contributed by atoms with Gasteiger partial charge in [-0.2, -0.15) is 10.2 Å². The van der Waals surface area contributed by atoms with Crippen molar-refractivity contribution in [3.8, 4) is 11.1 Å². The number of carbonyl (C=O) groups excluding carboxylic acids is 4. The molecule has 2 aliphatic heterocycles. The second-order valence-electron chi connectivity index (χ2n) is 14.6. The summed E-state index contributed by atoms with van der Waals surface area (Å²) in [6, 6.07) is 4.79. The quantitative estimate of drug-likeness (QED) is 0.120. The SMILES string of the molecule is Cn1c(=O)n(C2CCC(=O)NC2=O)c2ccc(CCCCCCCC(=O)N3CC(n4cc(-c5cnn6c(C(=O)N[C@@H]7C[C@@H]7F)cnc6c5N)cn4)C3)cc21. The maximum absolute atomic E-state index is 13.3.